The highest BCUT2D eigenvalue weighted by Gasteiger charge is 2.16. The Hall–Kier alpha value is -1.61. The van der Waals surface area contributed by atoms with Crippen LogP contribution in [-0.4, -0.2) is 15.6 Å². The van der Waals surface area contributed by atoms with Gasteiger partial charge in [0.15, 0.2) is 5.78 Å². The van der Waals surface area contributed by atoms with Crippen LogP contribution in [0.2, 0.25) is 5.02 Å². The molecule has 82 valence electrons. The summed E-state index contributed by atoms with van der Waals surface area (Å²) < 4.78 is 1.66. The van der Waals surface area contributed by atoms with Gasteiger partial charge in [-0.1, -0.05) is 29.8 Å². The zero-order valence-electron chi connectivity index (χ0n) is 9.07. The molecule has 0 fully saturated rings. The SMILES string of the molecule is CC(=O)c1cnn(C)c1-c1ccccc1Cl. The molecule has 1 aromatic carbocycles. The second-order valence-corrected chi connectivity index (χ2v) is 3.97. The van der Waals surface area contributed by atoms with Crippen molar-refractivity contribution in [3.8, 4) is 11.3 Å². The number of carbonyl (C=O) groups excluding carboxylic acids is 1. The minimum atomic E-state index is -0.0111. The smallest absolute Gasteiger partial charge is 0.163 e. The maximum Gasteiger partial charge on any atom is 0.163 e. The molecule has 2 rings (SSSR count). The molecule has 0 atom stereocenters. The number of aromatic nitrogens is 2. The number of hydrogen-bond donors (Lipinski definition) is 0. The van der Waals surface area contributed by atoms with Gasteiger partial charge in [-0.05, 0) is 13.0 Å². The van der Waals surface area contributed by atoms with E-state index in [0.29, 0.717) is 10.6 Å². The van der Waals surface area contributed by atoms with Gasteiger partial charge in [-0.3, -0.25) is 9.48 Å². The highest BCUT2D eigenvalue weighted by Crippen LogP contribution is 2.29. The normalized spacial score (nSPS) is 10.4. The average Bonchev–Trinajstić information content (AvgIpc) is 2.61. The summed E-state index contributed by atoms with van der Waals surface area (Å²) in [5, 5.41) is 4.71. The molecule has 1 aromatic heterocycles. The quantitative estimate of drug-likeness (QED) is 0.749. The van der Waals surface area contributed by atoms with Crippen molar-refractivity contribution in [3.05, 3.63) is 41.0 Å². The molecule has 3 nitrogen and oxygen atoms in total. The van der Waals surface area contributed by atoms with E-state index in [9.17, 15) is 4.79 Å². The number of hydrogen-bond acceptors (Lipinski definition) is 2. The Bertz CT molecular complexity index is 546. The van der Waals surface area contributed by atoms with E-state index in [0.717, 1.165) is 11.3 Å². The van der Waals surface area contributed by atoms with Gasteiger partial charge in [0.25, 0.3) is 0 Å². The highest BCUT2D eigenvalue weighted by atomic mass is 35.5. The highest BCUT2D eigenvalue weighted by molar-refractivity contribution is 6.33. The molecule has 0 aliphatic rings. The molecule has 0 saturated carbocycles. The van der Waals surface area contributed by atoms with Crippen LogP contribution in [0, 0.1) is 0 Å². The van der Waals surface area contributed by atoms with Gasteiger partial charge in [0.05, 0.1) is 17.5 Å². The lowest BCUT2D eigenvalue weighted by Crippen LogP contribution is -1.99. The molecule has 0 N–H and O–H groups in total. The van der Waals surface area contributed by atoms with Gasteiger partial charge in [0.2, 0.25) is 0 Å². The Morgan fingerprint density at radius 1 is 1.38 bits per heavy atom. The standard InChI is InChI=1S/C12H11ClN2O/c1-8(16)10-7-14-15(2)12(10)9-5-3-4-6-11(9)13/h3-7H,1-2H3. The van der Waals surface area contributed by atoms with Crippen molar-refractivity contribution in [1.82, 2.24) is 9.78 Å². The van der Waals surface area contributed by atoms with E-state index in [1.165, 1.54) is 6.92 Å². The van der Waals surface area contributed by atoms with Gasteiger partial charge < -0.3 is 0 Å². The van der Waals surface area contributed by atoms with E-state index in [1.807, 2.05) is 18.2 Å². The van der Waals surface area contributed by atoms with E-state index in [1.54, 1.807) is 24.0 Å². The molecule has 0 radical (unpaired) electrons. The Kier molecular flexibility index (Phi) is 2.79. The molecule has 16 heavy (non-hydrogen) atoms. The molecule has 0 saturated heterocycles. The lowest BCUT2D eigenvalue weighted by molar-refractivity contribution is 0.101. The van der Waals surface area contributed by atoms with Gasteiger partial charge in [-0.15, -0.1) is 0 Å². The van der Waals surface area contributed by atoms with Gasteiger partial charge in [0.1, 0.15) is 0 Å². The number of ketones is 1. The number of nitrogens with zero attached hydrogens (tertiary/aromatic N) is 2. The molecule has 0 bridgehead atoms. The summed E-state index contributed by atoms with van der Waals surface area (Å²) in [5.74, 6) is -0.0111. The van der Waals surface area contributed by atoms with Crippen LogP contribution in [-0.2, 0) is 7.05 Å². The van der Waals surface area contributed by atoms with Crippen molar-refractivity contribution in [2.45, 2.75) is 6.92 Å². The fraction of sp³-hybridized carbons (Fsp3) is 0.167. The van der Waals surface area contributed by atoms with Crippen molar-refractivity contribution in [2.75, 3.05) is 0 Å². The number of benzene rings is 1. The van der Waals surface area contributed by atoms with Gasteiger partial charge >= 0.3 is 0 Å². The molecular weight excluding hydrogens is 224 g/mol. The van der Waals surface area contributed by atoms with Crippen LogP contribution in [0.1, 0.15) is 17.3 Å². The molecule has 0 aliphatic carbocycles. The van der Waals surface area contributed by atoms with Crippen LogP contribution in [0.15, 0.2) is 30.5 Å². The third kappa shape index (κ3) is 1.74. The zero-order valence-corrected chi connectivity index (χ0v) is 9.82. The zero-order chi connectivity index (χ0) is 11.7. The number of carbonyl (C=O) groups is 1. The fourth-order valence-corrected chi connectivity index (χ4v) is 1.89. The van der Waals surface area contributed by atoms with Gasteiger partial charge in [-0.25, -0.2) is 0 Å². The molecule has 0 spiro atoms. The van der Waals surface area contributed by atoms with Crippen molar-refractivity contribution in [3.63, 3.8) is 0 Å². The summed E-state index contributed by atoms with van der Waals surface area (Å²) in [5.41, 5.74) is 2.18. The first-order valence-electron chi connectivity index (χ1n) is 4.89. The van der Waals surface area contributed by atoms with Crippen molar-refractivity contribution >= 4 is 17.4 Å². The summed E-state index contributed by atoms with van der Waals surface area (Å²) >= 11 is 6.11. The summed E-state index contributed by atoms with van der Waals surface area (Å²) in [6, 6.07) is 7.42. The van der Waals surface area contributed by atoms with Crippen molar-refractivity contribution in [2.24, 2.45) is 7.05 Å². The number of rotatable bonds is 2. The predicted octanol–water partition coefficient (Wildman–Crippen LogP) is 2.94. The molecule has 0 amide bonds. The fourth-order valence-electron chi connectivity index (χ4n) is 1.67. The van der Waals surface area contributed by atoms with E-state index in [-0.39, 0.29) is 5.78 Å². The van der Waals surface area contributed by atoms with E-state index < -0.39 is 0 Å². The first-order chi connectivity index (χ1) is 7.61. The summed E-state index contributed by atoms with van der Waals surface area (Å²) in [7, 11) is 1.80. The van der Waals surface area contributed by atoms with Crippen molar-refractivity contribution < 1.29 is 4.79 Å². The van der Waals surface area contributed by atoms with Gasteiger partial charge in [0, 0.05) is 17.6 Å². The Morgan fingerprint density at radius 2 is 2.06 bits per heavy atom. The Labute approximate surface area is 98.7 Å². The Balaban J connectivity index is 2.68. The molecular formula is C12H11ClN2O. The second kappa shape index (κ2) is 4.10. The van der Waals surface area contributed by atoms with Crippen LogP contribution in [0.25, 0.3) is 11.3 Å². The van der Waals surface area contributed by atoms with Crippen LogP contribution in [0.3, 0.4) is 0 Å². The van der Waals surface area contributed by atoms with Crippen LogP contribution in [0.5, 0.6) is 0 Å². The minimum absolute atomic E-state index is 0.0111. The first-order valence-corrected chi connectivity index (χ1v) is 5.27. The monoisotopic (exact) mass is 234 g/mol. The largest absolute Gasteiger partial charge is 0.294 e. The molecule has 0 aliphatic heterocycles. The van der Waals surface area contributed by atoms with Crippen LogP contribution in [0.4, 0.5) is 0 Å². The predicted molar refractivity (Wildman–Crippen MR) is 63.7 cm³/mol. The summed E-state index contributed by atoms with van der Waals surface area (Å²) in [4.78, 5) is 11.5. The average molecular weight is 235 g/mol. The molecule has 4 heteroatoms. The lowest BCUT2D eigenvalue weighted by atomic mass is 10.1. The molecule has 1 heterocycles. The Morgan fingerprint density at radius 3 is 2.69 bits per heavy atom. The minimum Gasteiger partial charge on any atom is -0.294 e. The topological polar surface area (TPSA) is 34.9 Å². The number of halogens is 1. The van der Waals surface area contributed by atoms with Crippen LogP contribution < -0.4 is 0 Å². The number of aryl methyl sites for hydroxylation is 1. The van der Waals surface area contributed by atoms with E-state index in [2.05, 4.69) is 5.10 Å². The lowest BCUT2D eigenvalue weighted by Gasteiger charge is -2.06. The molecule has 2 aromatic rings. The maximum absolute atomic E-state index is 11.5. The first kappa shape index (κ1) is 10.9. The van der Waals surface area contributed by atoms with Crippen molar-refractivity contribution in [1.29, 1.82) is 0 Å². The van der Waals surface area contributed by atoms with Crippen LogP contribution >= 0.6 is 11.6 Å². The van der Waals surface area contributed by atoms with E-state index >= 15 is 0 Å². The third-order valence-corrected chi connectivity index (χ3v) is 2.78. The van der Waals surface area contributed by atoms with E-state index in [4.69, 9.17) is 11.6 Å². The maximum atomic E-state index is 11.5. The van der Waals surface area contributed by atoms with Gasteiger partial charge in [-0.2, -0.15) is 5.10 Å². The summed E-state index contributed by atoms with van der Waals surface area (Å²) in [6.07, 6.45) is 1.57. The third-order valence-electron chi connectivity index (χ3n) is 2.45. The molecule has 0 unspecified atom stereocenters. The number of Topliss-reactive ketones (excluding diaryl/α,β-unsaturated/α-hetero) is 1. The summed E-state index contributed by atoms with van der Waals surface area (Å²) in [6.45, 7) is 1.53. The second-order valence-electron chi connectivity index (χ2n) is 3.57.